The zero-order valence-corrected chi connectivity index (χ0v) is 17.7. The highest BCUT2D eigenvalue weighted by Gasteiger charge is 2.75. The summed E-state index contributed by atoms with van der Waals surface area (Å²) in [6.45, 7) is 11.5. The van der Waals surface area contributed by atoms with Gasteiger partial charge < -0.3 is 24.4 Å². The third-order valence-corrected chi connectivity index (χ3v) is 6.32. The number of aliphatic hydroxyl groups is 1. The van der Waals surface area contributed by atoms with Crippen LogP contribution in [0.4, 0.5) is 0 Å². The number of carbonyl (C=O) groups is 3. The molecule has 0 aliphatic carbocycles. The highest BCUT2D eigenvalue weighted by Crippen LogP contribution is 2.58. The second-order valence-electron chi connectivity index (χ2n) is 8.97. The largest absolute Gasteiger partial charge is 0.466 e. The molecule has 162 valence electrons. The number of carbonyl (C=O) groups excluding carboxylic acids is 3. The Morgan fingerprint density at radius 2 is 2.14 bits per heavy atom. The van der Waals surface area contributed by atoms with Crippen LogP contribution in [0.3, 0.4) is 0 Å². The molecule has 3 aliphatic heterocycles. The second kappa shape index (κ2) is 7.72. The Hall–Kier alpha value is -1.93. The molecular formula is C21H32N2O6. The van der Waals surface area contributed by atoms with E-state index in [0.29, 0.717) is 19.4 Å². The summed E-state index contributed by atoms with van der Waals surface area (Å²) in [6.07, 6.45) is 2.35. The molecule has 0 aromatic carbocycles. The van der Waals surface area contributed by atoms with E-state index in [-0.39, 0.29) is 31.6 Å². The molecule has 3 fully saturated rings. The number of rotatable bonds is 7. The minimum atomic E-state index is -1.06. The maximum atomic E-state index is 13.7. The van der Waals surface area contributed by atoms with Gasteiger partial charge in [-0.25, -0.2) is 0 Å². The van der Waals surface area contributed by atoms with Crippen molar-refractivity contribution in [2.45, 2.75) is 63.8 Å². The Morgan fingerprint density at radius 1 is 1.45 bits per heavy atom. The smallest absolute Gasteiger partial charge is 0.312 e. The number of amides is 2. The average Bonchev–Trinajstić information content (AvgIpc) is 3.27. The fourth-order valence-corrected chi connectivity index (χ4v) is 5.26. The van der Waals surface area contributed by atoms with Crippen LogP contribution in [0.5, 0.6) is 0 Å². The molecule has 3 aliphatic rings. The molecule has 1 spiro atoms. The van der Waals surface area contributed by atoms with E-state index in [1.54, 1.807) is 17.9 Å². The Kier molecular flexibility index (Phi) is 5.80. The summed E-state index contributed by atoms with van der Waals surface area (Å²) in [5.74, 6) is -2.48. The Bertz CT molecular complexity index is 702. The standard InChI is InChI=1S/C21H32N2O6/c1-6-10-23(20(3,4)5)18(26)16-21-9-8-13(29-21)14(19(27)28-7-2)15(21)17(25)22(16)11-12-24/h6,13-16,24H,1,7-12H2,2-5H3/t13-,14+,15+,16-,21+/m0/s1. The van der Waals surface area contributed by atoms with E-state index in [0.717, 1.165) is 0 Å². The van der Waals surface area contributed by atoms with Crippen molar-refractivity contribution in [1.82, 2.24) is 9.80 Å². The number of hydrogen-bond acceptors (Lipinski definition) is 6. The van der Waals surface area contributed by atoms with Crippen molar-refractivity contribution in [3.05, 3.63) is 12.7 Å². The molecule has 0 unspecified atom stereocenters. The van der Waals surface area contributed by atoms with Crippen LogP contribution in [0, 0.1) is 11.8 Å². The number of β-amino-alcohol motifs (C(OH)–C–C–N with tert-alkyl or cyclic N) is 1. The minimum absolute atomic E-state index is 0.0170. The van der Waals surface area contributed by atoms with Gasteiger partial charge in [0.15, 0.2) is 0 Å². The second-order valence-corrected chi connectivity index (χ2v) is 8.97. The zero-order chi connectivity index (χ0) is 21.6. The molecule has 29 heavy (non-hydrogen) atoms. The molecule has 2 bridgehead atoms. The normalized spacial score (nSPS) is 33.0. The van der Waals surface area contributed by atoms with Crippen molar-refractivity contribution in [3.63, 3.8) is 0 Å². The van der Waals surface area contributed by atoms with Crippen molar-refractivity contribution in [2.24, 2.45) is 11.8 Å². The summed E-state index contributed by atoms with van der Waals surface area (Å²) in [4.78, 5) is 42.8. The fourth-order valence-electron chi connectivity index (χ4n) is 5.26. The van der Waals surface area contributed by atoms with Crippen LogP contribution in [-0.2, 0) is 23.9 Å². The first-order chi connectivity index (χ1) is 13.6. The van der Waals surface area contributed by atoms with Gasteiger partial charge >= 0.3 is 5.97 Å². The van der Waals surface area contributed by atoms with E-state index in [1.165, 1.54) is 4.90 Å². The van der Waals surface area contributed by atoms with Crippen molar-refractivity contribution in [3.8, 4) is 0 Å². The summed E-state index contributed by atoms with van der Waals surface area (Å²) in [5.41, 5.74) is -1.55. The summed E-state index contributed by atoms with van der Waals surface area (Å²) < 4.78 is 11.5. The van der Waals surface area contributed by atoms with Crippen LogP contribution in [0.25, 0.3) is 0 Å². The number of hydrogen-bond donors (Lipinski definition) is 1. The van der Waals surface area contributed by atoms with E-state index >= 15 is 0 Å². The molecule has 3 saturated heterocycles. The maximum absolute atomic E-state index is 13.7. The first-order valence-corrected chi connectivity index (χ1v) is 10.3. The predicted octanol–water partition coefficient (Wildman–Crippen LogP) is 0.730. The van der Waals surface area contributed by atoms with Gasteiger partial charge in [0.25, 0.3) is 0 Å². The molecule has 0 radical (unpaired) electrons. The Labute approximate surface area is 171 Å². The van der Waals surface area contributed by atoms with E-state index < -0.39 is 41.1 Å². The number of aliphatic hydroxyl groups excluding tert-OH is 1. The molecule has 8 nitrogen and oxygen atoms in total. The van der Waals surface area contributed by atoms with E-state index in [9.17, 15) is 19.5 Å². The molecule has 0 saturated carbocycles. The molecular weight excluding hydrogens is 376 g/mol. The lowest BCUT2D eigenvalue weighted by Gasteiger charge is -2.41. The molecule has 0 aromatic rings. The third-order valence-electron chi connectivity index (χ3n) is 6.32. The van der Waals surface area contributed by atoms with Gasteiger partial charge in [-0.3, -0.25) is 14.4 Å². The van der Waals surface area contributed by atoms with E-state index in [2.05, 4.69) is 6.58 Å². The van der Waals surface area contributed by atoms with Crippen LogP contribution < -0.4 is 0 Å². The molecule has 3 rings (SSSR count). The first kappa shape index (κ1) is 21.8. The lowest BCUT2D eigenvalue weighted by Crippen LogP contribution is -2.60. The number of nitrogens with zero attached hydrogens (tertiary/aromatic N) is 2. The fraction of sp³-hybridized carbons (Fsp3) is 0.762. The summed E-state index contributed by atoms with van der Waals surface area (Å²) in [7, 11) is 0. The monoisotopic (exact) mass is 408 g/mol. The predicted molar refractivity (Wildman–Crippen MR) is 105 cm³/mol. The van der Waals surface area contributed by atoms with Crippen LogP contribution in [0.1, 0.15) is 40.5 Å². The topological polar surface area (TPSA) is 96.4 Å². The van der Waals surface area contributed by atoms with Gasteiger partial charge in [0.2, 0.25) is 11.8 Å². The van der Waals surface area contributed by atoms with E-state index in [1.807, 2.05) is 20.8 Å². The number of likely N-dealkylation sites (tertiary alicyclic amines) is 1. The van der Waals surface area contributed by atoms with Gasteiger partial charge in [-0.15, -0.1) is 6.58 Å². The molecule has 1 N–H and O–H groups in total. The first-order valence-electron chi connectivity index (χ1n) is 10.3. The van der Waals surface area contributed by atoms with Gasteiger partial charge in [-0.2, -0.15) is 0 Å². The maximum Gasteiger partial charge on any atom is 0.312 e. The van der Waals surface area contributed by atoms with Crippen LogP contribution >= 0.6 is 0 Å². The average molecular weight is 408 g/mol. The molecule has 5 atom stereocenters. The Morgan fingerprint density at radius 3 is 2.69 bits per heavy atom. The number of esters is 1. The van der Waals surface area contributed by atoms with Crippen molar-refractivity contribution >= 4 is 17.8 Å². The van der Waals surface area contributed by atoms with Gasteiger partial charge in [0, 0.05) is 18.6 Å². The lowest BCUT2D eigenvalue weighted by molar-refractivity contribution is -0.155. The van der Waals surface area contributed by atoms with Gasteiger partial charge in [-0.1, -0.05) is 6.08 Å². The van der Waals surface area contributed by atoms with Crippen LogP contribution in [0.2, 0.25) is 0 Å². The molecule has 0 aromatic heterocycles. The van der Waals surface area contributed by atoms with Crippen molar-refractivity contribution < 1.29 is 29.0 Å². The molecule has 3 heterocycles. The molecule has 8 heteroatoms. The van der Waals surface area contributed by atoms with Crippen LogP contribution in [0.15, 0.2) is 12.7 Å². The summed E-state index contributed by atoms with van der Waals surface area (Å²) in [6, 6.07) is -0.879. The van der Waals surface area contributed by atoms with Crippen molar-refractivity contribution in [2.75, 3.05) is 26.3 Å². The highest BCUT2D eigenvalue weighted by molar-refractivity contribution is 5.98. The quantitative estimate of drug-likeness (QED) is 0.493. The van der Waals surface area contributed by atoms with Gasteiger partial charge in [-0.05, 0) is 40.5 Å². The number of ether oxygens (including phenoxy) is 2. The SMILES string of the molecule is C=CCN(C(=O)[C@@H]1N(CCO)C(=O)[C@H]2[C@H](C(=O)OCC)[C@@H]3CC[C@]12O3)C(C)(C)C. The molecule has 2 amide bonds. The highest BCUT2D eigenvalue weighted by atomic mass is 16.6. The number of fused-ring (bicyclic) bond motifs is 1. The van der Waals surface area contributed by atoms with Gasteiger partial charge in [0.05, 0.1) is 31.2 Å². The van der Waals surface area contributed by atoms with Crippen molar-refractivity contribution in [1.29, 1.82) is 0 Å². The van der Waals surface area contributed by atoms with Gasteiger partial charge in [0.1, 0.15) is 11.6 Å². The third kappa shape index (κ3) is 3.26. The minimum Gasteiger partial charge on any atom is -0.466 e. The van der Waals surface area contributed by atoms with E-state index in [4.69, 9.17) is 9.47 Å². The summed E-state index contributed by atoms with van der Waals surface area (Å²) >= 11 is 0. The van der Waals surface area contributed by atoms with Crippen LogP contribution in [-0.4, -0.2) is 82.3 Å². The lowest BCUT2D eigenvalue weighted by atomic mass is 9.70. The Balaban J connectivity index is 2.04. The zero-order valence-electron chi connectivity index (χ0n) is 17.7. The summed E-state index contributed by atoms with van der Waals surface area (Å²) in [5, 5.41) is 9.57.